The summed E-state index contributed by atoms with van der Waals surface area (Å²) in [6.45, 7) is 2.79. The van der Waals surface area contributed by atoms with Crippen LogP contribution in [0.2, 0.25) is 0 Å². The first kappa shape index (κ1) is 12.1. The van der Waals surface area contributed by atoms with E-state index in [1.54, 1.807) is 9.80 Å². The number of carbonyl (C=O) groups excluding carboxylic acids is 3. The Bertz CT molecular complexity index is 343. The minimum absolute atomic E-state index is 0.0488. The summed E-state index contributed by atoms with van der Waals surface area (Å²) in [6.07, 6.45) is 4.07. The summed E-state index contributed by atoms with van der Waals surface area (Å²) < 4.78 is 0. The van der Waals surface area contributed by atoms with Gasteiger partial charge in [0.05, 0.1) is 6.04 Å². The van der Waals surface area contributed by atoms with E-state index in [9.17, 15) is 14.4 Å². The molecule has 2 atom stereocenters. The van der Waals surface area contributed by atoms with Gasteiger partial charge in [-0.15, -0.1) is 0 Å². The molecule has 2 amide bonds. The summed E-state index contributed by atoms with van der Waals surface area (Å²) in [5, 5.41) is 0. The summed E-state index contributed by atoms with van der Waals surface area (Å²) in [6, 6.07) is -0.620. The molecule has 2 aliphatic rings. The molecule has 2 heterocycles. The van der Waals surface area contributed by atoms with E-state index in [1.165, 1.54) is 6.92 Å². The lowest BCUT2D eigenvalue weighted by molar-refractivity contribution is -0.144. The molecule has 94 valence electrons. The van der Waals surface area contributed by atoms with Crippen molar-refractivity contribution in [3.05, 3.63) is 0 Å². The van der Waals surface area contributed by atoms with Crippen LogP contribution in [0.4, 0.5) is 0 Å². The fraction of sp³-hybridized carbons (Fsp3) is 0.750. The molecular formula is C12H18N2O3. The van der Waals surface area contributed by atoms with E-state index in [0.717, 1.165) is 32.0 Å². The van der Waals surface area contributed by atoms with Crippen LogP contribution in [0.1, 0.15) is 32.6 Å². The van der Waals surface area contributed by atoms with E-state index in [4.69, 9.17) is 0 Å². The summed E-state index contributed by atoms with van der Waals surface area (Å²) in [4.78, 5) is 37.9. The van der Waals surface area contributed by atoms with Crippen LogP contribution in [0.25, 0.3) is 0 Å². The second kappa shape index (κ2) is 4.85. The highest BCUT2D eigenvalue weighted by atomic mass is 16.2. The van der Waals surface area contributed by atoms with Gasteiger partial charge >= 0.3 is 0 Å². The normalized spacial score (nSPS) is 28.5. The molecule has 0 aliphatic carbocycles. The van der Waals surface area contributed by atoms with Gasteiger partial charge in [0, 0.05) is 20.0 Å². The topological polar surface area (TPSA) is 57.7 Å². The van der Waals surface area contributed by atoms with Gasteiger partial charge in [0.15, 0.2) is 0 Å². The van der Waals surface area contributed by atoms with E-state index in [-0.39, 0.29) is 23.9 Å². The van der Waals surface area contributed by atoms with Crippen molar-refractivity contribution >= 4 is 18.1 Å². The number of amides is 2. The fourth-order valence-corrected chi connectivity index (χ4v) is 2.80. The zero-order valence-electron chi connectivity index (χ0n) is 10.1. The lowest BCUT2D eigenvalue weighted by atomic mass is 10.1. The predicted molar refractivity (Wildman–Crippen MR) is 61.2 cm³/mol. The van der Waals surface area contributed by atoms with Gasteiger partial charge in [-0.05, 0) is 25.7 Å². The maximum Gasteiger partial charge on any atom is 0.245 e. The summed E-state index contributed by atoms with van der Waals surface area (Å²) in [5.74, 6) is -0.102. The third-order valence-electron chi connectivity index (χ3n) is 3.68. The predicted octanol–water partition coefficient (Wildman–Crippen LogP) is 0.187. The molecule has 17 heavy (non-hydrogen) atoms. The third-order valence-corrected chi connectivity index (χ3v) is 3.68. The van der Waals surface area contributed by atoms with Crippen LogP contribution in [0.5, 0.6) is 0 Å². The third kappa shape index (κ3) is 2.18. The van der Waals surface area contributed by atoms with Crippen molar-refractivity contribution in [3.63, 3.8) is 0 Å². The average molecular weight is 238 g/mol. The van der Waals surface area contributed by atoms with Crippen molar-refractivity contribution in [2.45, 2.75) is 44.7 Å². The zero-order valence-corrected chi connectivity index (χ0v) is 10.1. The van der Waals surface area contributed by atoms with Crippen LogP contribution in [0.15, 0.2) is 0 Å². The van der Waals surface area contributed by atoms with Gasteiger partial charge in [-0.25, -0.2) is 0 Å². The van der Waals surface area contributed by atoms with Crippen LogP contribution >= 0.6 is 0 Å². The van der Waals surface area contributed by atoms with E-state index in [1.807, 2.05) is 0 Å². The smallest absolute Gasteiger partial charge is 0.245 e. The van der Waals surface area contributed by atoms with Crippen molar-refractivity contribution in [2.75, 3.05) is 13.1 Å². The minimum Gasteiger partial charge on any atom is -0.331 e. The van der Waals surface area contributed by atoms with Crippen molar-refractivity contribution in [1.82, 2.24) is 9.80 Å². The molecule has 2 fully saturated rings. The maximum absolute atomic E-state index is 12.3. The first-order valence-corrected chi connectivity index (χ1v) is 6.18. The number of carbonyl (C=O) groups is 3. The second-order valence-corrected chi connectivity index (χ2v) is 4.75. The van der Waals surface area contributed by atoms with Gasteiger partial charge in [-0.2, -0.15) is 0 Å². The SMILES string of the molecule is CC(=O)N1CCCC1C(=O)N1CCCC1C=O. The highest BCUT2D eigenvalue weighted by molar-refractivity contribution is 5.89. The first-order chi connectivity index (χ1) is 8.15. The van der Waals surface area contributed by atoms with Crippen molar-refractivity contribution in [1.29, 1.82) is 0 Å². The van der Waals surface area contributed by atoms with Crippen LogP contribution in [-0.2, 0) is 14.4 Å². The Hall–Kier alpha value is -1.39. The molecule has 2 rings (SSSR count). The molecule has 0 saturated carbocycles. The molecular weight excluding hydrogens is 220 g/mol. The van der Waals surface area contributed by atoms with Crippen LogP contribution < -0.4 is 0 Å². The Kier molecular flexibility index (Phi) is 3.45. The fourth-order valence-electron chi connectivity index (χ4n) is 2.80. The molecule has 0 spiro atoms. The lowest BCUT2D eigenvalue weighted by Gasteiger charge is -2.29. The Morgan fingerprint density at radius 3 is 2.41 bits per heavy atom. The van der Waals surface area contributed by atoms with Crippen LogP contribution in [0, 0.1) is 0 Å². The summed E-state index contributed by atoms with van der Waals surface area (Å²) >= 11 is 0. The Morgan fingerprint density at radius 1 is 1.12 bits per heavy atom. The molecule has 0 aromatic carbocycles. The first-order valence-electron chi connectivity index (χ1n) is 6.18. The molecule has 2 aliphatic heterocycles. The molecule has 2 saturated heterocycles. The quantitative estimate of drug-likeness (QED) is 0.645. The van der Waals surface area contributed by atoms with E-state index < -0.39 is 0 Å². The van der Waals surface area contributed by atoms with Gasteiger partial charge in [-0.1, -0.05) is 0 Å². The number of hydrogen-bond acceptors (Lipinski definition) is 3. The van der Waals surface area contributed by atoms with Crippen LogP contribution in [0.3, 0.4) is 0 Å². The van der Waals surface area contributed by atoms with Gasteiger partial charge in [0.2, 0.25) is 11.8 Å². The Morgan fingerprint density at radius 2 is 1.76 bits per heavy atom. The van der Waals surface area contributed by atoms with Crippen molar-refractivity contribution in [3.8, 4) is 0 Å². The van der Waals surface area contributed by atoms with Crippen LogP contribution in [-0.4, -0.2) is 53.1 Å². The highest BCUT2D eigenvalue weighted by Gasteiger charge is 2.38. The summed E-state index contributed by atoms with van der Waals surface area (Å²) in [7, 11) is 0. The molecule has 0 aromatic heterocycles. The Balaban J connectivity index is 2.08. The second-order valence-electron chi connectivity index (χ2n) is 4.75. The van der Waals surface area contributed by atoms with E-state index >= 15 is 0 Å². The largest absolute Gasteiger partial charge is 0.331 e. The molecule has 0 radical (unpaired) electrons. The molecule has 0 N–H and O–H groups in total. The van der Waals surface area contributed by atoms with Crippen molar-refractivity contribution < 1.29 is 14.4 Å². The molecule has 0 bridgehead atoms. The zero-order chi connectivity index (χ0) is 12.4. The molecule has 2 unspecified atom stereocenters. The monoisotopic (exact) mass is 238 g/mol. The van der Waals surface area contributed by atoms with Crippen molar-refractivity contribution in [2.24, 2.45) is 0 Å². The maximum atomic E-state index is 12.3. The van der Waals surface area contributed by atoms with Gasteiger partial charge in [-0.3, -0.25) is 9.59 Å². The average Bonchev–Trinajstić information content (AvgIpc) is 2.96. The molecule has 5 heteroatoms. The van der Waals surface area contributed by atoms with E-state index in [2.05, 4.69) is 0 Å². The van der Waals surface area contributed by atoms with Gasteiger partial charge in [0.1, 0.15) is 12.3 Å². The van der Waals surface area contributed by atoms with Gasteiger partial charge < -0.3 is 14.6 Å². The number of likely N-dealkylation sites (tertiary alicyclic amines) is 2. The summed E-state index contributed by atoms with van der Waals surface area (Å²) in [5.41, 5.74) is 0. The number of rotatable bonds is 2. The standard InChI is InChI=1S/C12H18N2O3/c1-9(16)13-6-3-5-11(13)12(17)14-7-2-4-10(14)8-15/h8,10-11H,2-7H2,1H3. The highest BCUT2D eigenvalue weighted by Crippen LogP contribution is 2.23. The van der Waals surface area contributed by atoms with E-state index in [0.29, 0.717) is 13.1 Å². The number of aldehydes is 1. The molecule has 5 nitrogen and oxygen atoms in total. The minimum atomic E-state index is -0.340. The number of nitrogens with zero attached hydrogens (tertiary/aromatic N) is 2. The lowest BCUT2D eigenvalue weighted by Crippen LogP contribution is -2.49. The molecule has 0 aromatic rings. The number of hydrogen-bond donors (Lipinski definition) is 0. The Labute approximate surface area is 101 Å². The van der Waals surface area contributed by atoms with Gasteiger partial charge in [0.25, 0.3) is 0 Å².